The molecule has 4 nitrogen and oxygen atoms in total. The van der Waals surface area contributed by atoms with Gasteiger partial charge in [-0.05, 0) is 54.7 Å². The van der Waals surface area contributed by atoms with E-state index in [9.17, 15) is 9.59 Å². The molecular weight excluding hydrogens is 434 g/mol. The molecule has 0 radical (unpaired) electrons. The van der Waals surface area contributed by atoms with Crippen molar-refractivity contribution >= 4 is 11.8 Å². The molecule has 1 atom stereocenters. The fraction of sp³-hybridized carbons (Fsp3) is 0.226. The van der Waals surface area contributed by atoms with E-state index >= 15 is 0 Å². The molecule has 35 heavy (non-hydrogen) atoms. The topological polar surface area (TPSA) is 48.3 Å². The summed E-state index contributed by atoms with van der Waals surface area (Å²) in [5.41, 5.74) is 5.77. The van der Waals surface area contributed by atoms with Gasteiger partial charge < -0.3 is 9.30 Å². The summed E-state index contributed by atoms with van der Waals surface area (Å²) in [6.07, 6.45) is 0.583. The lowest BCUT2D eigenvalue weighted by Crippen LogP contribution is -2.28. The number of nitrogens with zero attached hydrogens (tertiary/aromatic N) is 1. The van der Waals surface area contributed by atoms with Crippen LogP contribution in [0.15, 0.2) is 91.0 Å². The number of fused-ring (bicyclic) bond motifs is 1. The minimum atomic E-state index is -0.674. The fourth-order valence-electron chi connectivity index (χ4n) is 4.90. The van der Waals surface area contributed by atoms with E-state index in [0.717, 1.165) is 40.2 Å². The number of Topliss-reactive ketones (excluding diaryl/α,β-unsaturated/α-hetero) is 1. The Morgan fingerprint density at radius 1 is 0.886 bits per heavy atom. The summed E-state index contributed by atoms with van der Waals surface area (Å²) in [4.78, 5) is 26.4. The molecule has 1 aromatic heterocycles. The van der Waals surface area contributed by atoms with Crippen molar-refractivity contribution in [1.82, 2.24) is 4.57 Å². The fourth-order valence-corrected chi connectivity index (χ4v) is 4.90. The minimum Gasteiger partial charge on any atom is -0.447 e. The number of rotatable bonds is 5. The van der Waals surface area contributed by atoms with Crippen LogP contribution in [-0.4, -0.2) is 16.3 Å². The Morgan fingerprint density at radius 3 is 2.17 bits per heavy atom. The zero-order valence-corrected chi connectivity index (χ0v) is 20.3. The summed E-state index contributed by atoms with van der Waals surface area (Å²) in [5.74, 6) is -0.273. The van der Waals surface area contributed by atoms with Crippen molar-refractivity contribution in [3.05, 3.63) is 125 Å². The molecule has 0 spiro atoms. The predicted molar refractivity (Wildman–Crippen MR) is 137 cm³/mol. The highest BCUT2D eigenvalue weighted by atomic mass is 16.5. The van der Waals surface area contributed by atoms with E-state index in [1.165, 1.54) is 0 Å². The summed E-state index contributed by atoms with van der Waals surface area (Å²) >= 11 is 0. The average Bonchev–Trinajstić information content (AvgIpc) is 3.22. The maximum atomic E-state index is 13.2. The molecule has 1 aliphatic rings. The largest absolute Gasteiger partial charge is 0.447 e. The number of hydrogen-bond donors (Lipinski definition) is 0. The van der Waals surface area contributed by atoms with Crippen LogP contribution in [0, 0.1) is 12.3 Å². The molecule has 0 N–H and O–H groups in total. The number of ketones is 1. The molecule has 4 heteroatoms. The molecule has 0 saturated carbocycles. The van der Waals surface area contributed by atoms with Gasteiger partial charge in [-0.25, -0.2) is 4.79 Å². The second-order valence-corrected chi connectivity index (χ2v) is 10.1. The Bertz CT molecular complexity index is 1370. The predicted octanol–water partition coefficient (Wildman–Crippen LogP) is 6.89. The lowest BCUT2D eigenvalue weighted by atomic mass is 9.76. The SMILES string of the molecule is Cc1ccc(-n2c(C(OC(=O)c3ccccc3)c3ccccc3)cc3c2CC(C)(C)CC3=O)cc1. The van der Waals surface area contributed by atoms with Gasteiger partial charge in [0.15, 0.2) is 11.9 Å². The van der Waals surface area contributed by atoms with Crippen LogP contribution in [0.5, 0.6) is 0 Å². The molecule has 5 rings (SSSR count). The monoisotopic (exact) mass is 463 g/mol. The van der Waals surface area contributed by atoms with Crippen LogP contribution >= 0.6 is 0 Å². The highest BCUT2D eigenvalue weighted by Gasteiger charge is 2.37. The van der Waals surface area contributed by atoms with Crippen molar-refractivity contribution in [2.45, 2.75) is 39.7 Å². The third-order valence-corrected chi connectivity index (χ3v) is 6.61. The maximum Gasteiger partial charge on any atom is 0.339 e. The highest BCUT2D eigenvalue weighted by Crippen LogP contribution is 2.41. The number of ether oxygens (including phenoxy) is 1. The Kier molecular flexibility index (Phi) is 5.89. The summed E-state index contributed by atoms with van der Waals surface area (Å²) in [7, 11) is 0. The van der Waals surface area contributed by atoms with Gasteiger partial charge >= 0.3 is 5.97 Å². The number of hydrogen-bond acceptors (Lipinski definition) is 3. The van der Waals surface area contributed by atoms with Gasteiger partial charge in [-0.2, -0.15) is 0 Å². The molecular formula is C31H29NO3. The van der Waals surface area contributed by atoms with Crippen LogP contribution in [0.25, 0.3) is 5.69 Å². The number of carbonyl (C=O) groups excluding carboxylic acids is 2. The van der Waals surface area contributed by atoms with E-state index in [1.807, 2.05) is 54.6 Å². The van der Waals surface area contributed by atoms with Crippen LogP contribution in [-0.2, 0) is 11.2 Å². The molecule has 1 aliphatic carbocycles. The molecule has 0 saturated heterocycles. The maximum absolute atomic E-state index is 13.2. The van der Waals surface area contributed by atoms with Gasteiger partial charge in [-0.1, -0.05) is 80.1 Å². The third-order valence-electron chi connectivity index (χ3n) is 6.61. The van der Waals surface area contributed by atoms with E-state index < -0.39 is 12.1 Å². The van der Waals surface area contributed by atoms with Crippen LogP contribution in [0.1, 0.15) is 69.6 Å². The molecule has 176 valence electrons. The van der Waals surface area contributed by atoms with E-state index in [2.05, 4.69) is 49.6 Å². The molecule has 0 amide bonds. The first-order valence-electron chi connectivity index (χ1n) is 12.0. The molecule has 3 aromatic carbocycles. The lowest BCUT2D eigenvalue weighted by Gasteiger charge is -2.30. The van der Waals surface area contributed by atoms with Crippen LogP contribution in [0.3, 0.4) is 0 Å². The van der Waals surface area contributed by atoms with Crippen molar-refractivity contribution in [2.24, 2.45) is 5.41 Å². The molecule has 0 fully saturated rings. The number of carbonyl (C=O) groups is 2. The first-order valence-corrected chi connectivity index (χ1v) is 12.0. The normalized spacial score (nSPS) is 15.3. The van der Waals surface area contributed by atoms with Crippen LogP contribution in [0.4, 0.5) is 0 Å². The summed E-state index contributed by atoms with van der Waals surface area (Å²) in [5, 5.41) is 0. The third kappa shape index (κ3) is 4.57. The Morgan fingerprint density at radius 2 is 1.51 bits per heavy atom. The molecule has 0 aliphatic heterocycles. The number of benzene rings is 3. The van der Waals surface area contributed by atoms with Crippen LogP contribution < -0.4 is 0 Å². The quantitative estimate of drug-likeness (QED) is 0.303. The van der Waals surface area contributed by atoms with E-state index in [1.54, 1.807) is 12.1 Å². The summed E-state index contributed by atoms with van der Waals surface area (Å²) < 4.78 is 8.32. The van der Waals surface area contributed by atoms with Crippen LogP contribution in [0.2, 0.25) is 0 Å². The van der Waals surface area contributed by atoms with Gasteiger partial charge in [-0.15, -0.1) is 0 Å². The van der Waals surface area contributed by atoms with E-state index in [-0.39, 0.29) is 11.2 Å². The summed E-state index contributed by atoms with van der Waals surface area (Å²) in [6, 6.07) is 28.9. The zero-order chi connectivity index (χ0) is 24.6. The van der Waals surface area contributed by atoms with Gasteiger partial charge in [0.25, 0.3) is 0 Å². The molecule has 4 aromatic rings. The number of esters is 1. The zero-order valence-electron chi connectivity index (χ0n) is 20.3. The van der Waals surface area contributed by atoms with Crippen molar-refractivity contribution in [3.63, 3.8) is 0 Å². The Hall–Kier alpha value is -3.92. The molecule has 0 bridgehead atoms. The van der Waals surface area contributed by atoms with Gasteiger partial charge in [-0.3, -0.25) is 4.79 Å². The van der Waals surface area contributed by atoms with Crippen molar-refractivity contribution in [2.75, 3.05) is 0 Å². The molecule has 1 unspecified atom stereocenters. The van der Waals surface area contributed by atoms with Crippen molar-refractivity contribution in [3.8, 4) is 5.69 Å². The van der Waals surface area contributed by atoms with E-state index in [4.69, 9.17) is 4.74 Å². The summed E-state index contributed by atoms with van der Waals surface area (Å²) in [6.45, 7) is 6.31. The lowest BCUT2D eigenvalue weighted by molar-refractivity contribution is 0.0367. The minimum absolute atomic E-state index is 0.129. The van der Waals surface area contributed by atoms with Crippen molar-refractivity contribution < 1.29 is 14.3 Å². The highest BCUT2D eigenvalue weighted by molar-refractivity contribution is 5.99. The van der Waals surface area contributed by atoms with Crippen molar-refractivity contribution in [1.29, 1.82) is 0 Å². The van der Waals surface area contributed by atoms with Gasteiger partial charge in [0.05, 0.1) is 11.3 Å². The standard InChI is InChI=1S/C31H29NO3/c1-21-14-16-24(17-15-21)32-26(18-25-27(32)19-31(2,3)20-28(25)33)29(22-10-6-4-7-11-22)35-30(34)23-12-8-5-9-13-23/h4-18,29H,19-20H2,1-3H3. The average molecular weight is 464 g/mol. The Labute approximate surface area is 206 Å². The van der Waals surface area contributed by atoms with Gasteiger partial charge in [0.1, 0.15) is 0 Å². The first kappa shape index (κ1) is 22.9. The second kappa shape index (κ2) is 9.03. The number of aryl methyl sites for hydroxylation is 1. The molecule has 1 heterocycles. The smallest absolute Gasteiger partial charge is 0.339 e. The number of aromatic nitrogens is 1. The first-order chi connectivity index (χ1) is 16.8. The van der Waals surface area contributed by atoms with Gasteiger partial charge in [0, 0.05) is 23.4 Å². The van der Waals surface area contributed by atoms with Gasteiger partial charge in [0.2, 0.25) is 0 Å². The van der Waals surface area contributed by atoms with E-state index in [0.29, 0.717) is 12.0 Å². The Balaban J connectivity index is 1.71. The second-order valence-electron chi connectivity index (χ2n) is 10.1.